The number of para-hydroxylation sites is 1. The predicted molar refractivity (Wildman–Crippen MR) is 90.0 cm³/mol. The molecule has 1 aromatic heterocycles. The average Bonchev–Trinajstić information content (AvgIpc) is 2.52. The van der Waals surface area contributed by atoms with Crippen LogP contribution in [0.5, 0.6) is 0 Å². The van der Waals surface area contributed by atoms with E-state index in [1.165, 1.54) is 30.3 Å². The summed E-state index contributed by atoms with van der Waals surface area (Å²) in [6, 6.07) is 11.3. The summed E-state index contributed by atoms with van der Waals surface area (Å²) in [5.74, 6) is 0. The maximum absolute atomic E-state index is 4.66. The second-order valence-electron chi connectivity index (χ2n) is 6.04. The maximum Gasteiger partial charge on any atom is 0.0726 e. The minimum atomic E-state index is 0.617. The van der Waals surface area contributed by atoms with Crippen LogP contribution in [0.25, 0.3) is 10.9 Å². The highest BCUT2D eigenvalue weighted by molar-refractivity contribution is 5.92. The highest BCUT2D eigenvalue weighted by Gasteiger charge is 2.21. The van der Waals surface area contributed by atoms with Crippen molar-refractivity contribution in [2.45, 2.75) is 39.2 Å². The molecule has 3 nitrogen and oxygen atoms in total. The minimum absolute atomic E-state index is 0.617. The number of hydrogen-bond donors (Lipinski definition) is 1. The molecule has 2 heterocycles. The molecule has 0 aliphatic carbocycles. The van der Waals surface area contributed by atoms with E-state index in [4.69, 9.17) is 0 Å². The van der Waals surface area contributed by atoms with E-state index in [2.05, 4.69) is 59.4 Å². The summed E-state index contributed by atoms with van der Waals surface area (Å²) in [5, 5.41) is 4.95. The van der Waals surface area contributed by atoms with Crippen molar-refractivity contribution >= 4 is 16.6 Å². The topological polar surface area (TPSA) is 28.2 Å². The fourth-order valence-corrected chi connectivity index (χ4v) is 3.26. The molecular formula is C18H25N3. The molecule has 1 N–H and O–H groups in total. The molecule has 1 aliphatic heterocycles. The maximum atomic E-state index is 4.66. The fourth-order valence-electron chi connectivity index (χ4n) is 3.26. The Morgan fingerprint density at radius 1 is 1.33 bits per heavy atom. The van der Waals surface area contributed by atoms with E-state index in [0.717, 1.165) is 30.8 Å². The summed E-state index contributed by atoms with van der Waals surface area (Å²) in [7, 11) is 0. The predicted octanol–water partition coefficient (Wildman–Crippen LogP) is 3.51. The van der Waals surface area contributed by atoms with Gasteiger partial charge in [-0.3, -0.25) is 4.98 Å². The standard InChI is InChI=1S/C18H25N3/c1-3-10-19-15-7-6-11-21(13-15)18-12-14(2)20-17-9-5-4-8-16(17)18/h4-5,8-9,12,15,19H,3,6-7,10-11,13H2,1-2H3. The Hall–Kier alpha value is -1.61. The first-order valence-corrected chi connectivity index (χ1v) is 8.12. The van der Waals surface area contributed by atoms with Gasteiger partial charge in [0, 0.05) is 35.9 Å². The monoisotopic (exact) mass is 283 g/mol. The number of aromatic nitrogens is 1. The van der Waals surface area contributed by atoms with Crippen molar-refractivity contribution in [3.63, 3.8) is 0 Å². The smallest absolute Gasteiger partial charge is 0.0726 e. The van der Waals surface area contributed by atoms with Crippen molar-refractivity contribution in [3.8, 4) is 0 Å². The lowest BCUT2D eigenvalue weighted by Gasteiger charge is -2.35. The van der Waals surface area contributed by atoms with Crippen LogP contribution in [-0.2, 0) is 0 Å². The molecule has 0 saturated carbocycles. The SMILES string of the molecule is CCCNC1CCCN(c2cc(C)nc3ccccc23)C1. The van der Waals surface area contributed by atoms with Gasteiger partial charge in [0.15, 0.2) is 0 Å². The zero-order valence-corrected chi connectivity index (χ0v) is 13.1. The van der Waals surface area contributed by atoms with Crippen LogP contribution >= 0.6 is 0 Å². The van der Waals surface area contributed by atoms with E-state index < -0.39 is 0 Å². The van der Waals surface area contributed by atoms with Crippen LogP contribution in [0.4, 0.5) is 5.69 Å². The summed E-state index contributed by atoms with van der Waals surface area (Å²) in [6.07, 6.45) is 3.75. The van der Waals surface area contributed by atoms with Gasteiger partial charge in [-0.1, -0.05) is 25.1 Å². The van der Waals surface area contributed by atoms with Gasteiger partial charge in [0.05, 0.1) is 5.52 Å². The van der Waals surface area contributed by atoms with Gasteiger partial charge in [-0.2, -0.15) is 0 Å². The Labute approximate surface area is 127 Å². The molecule has 0 bridgehead atoms. The first kappa shape index (κ1) is 14.3. The third-order valence-electron chi connectivity index (χ3n) is 4.27. The average molecular weight is 283 g/mol. The number of aryl methyl sites for hydroxylation is 1. The molecule has 2 aromatic rings. The summed E-state index contributed by atoms with van der Waals surface area (Å²) in [5.41, 5.74) is 3.56. The molecule has 3 heteroatoms. The number of pyridine rings is 1. The first-order valence-electron chi connectivity index (χ1n) is 8.12. The molecule has 112 valence electrons. The van der Waals surface area contributed by atoms with Gasteiger partial charge in [-0.25, -0.2) is 0 Å². The summed E-state index contributed by atoms with van der Waals surface area (Å²) < 4.78 is 0. The lowest BCUT2D eigenvalue weighted by Crippen LogP contribution is -2.46. The Balaban J connectivity index is 1.89. The largest absolute Gasteiger partial charge is 0.369 e. The van der Waals surface area contributed by atoms with Gasteiger partial charge in [-0.15, -0.1) is 0 Å². The number of anilines is 1. The molecule has 3 rings (SSSR count). The first-order chi connectivity index (χ1) is 10.3. The molecule has 1 aromatic carbocycles. The van der Waals surface area contributed by atoms with Crippen LogP contribution in [-0.4, -0.2) is 30.7 Å². The summed E-state index contributed by atoms with van der Waals surface area (Å²) in [6.45, 7) is 7.69. The van der Waals surface area contributed by atoms with E-state index in [9.17, 15) is 0 Å². The molecule has 1 fully saturated rings. The Morgan fingerprint density at radius 3 is 3.05 bits per heavy atom. The van der Waals surface area contributed by atoms with E-state index in [0.29, 0.717) is 6.04 Å². The van der Waals surface area contributed by atoms with Gasteiger partial charge in [-0.05, 0) is 44.9 Å². The van der Waals surface area contributed by atoms with Crippen molar-refractivity contribution < 1.29 is 0 Å². The number of piperidine rings is 1. The van der Waals surface area contributed by atoms with Crippen molar-refractivity contribution in [2.24, 2.45) is 0 Å². The lowest BCUT2D eigenvalue weighted by molar-refractivity contribution is 0.424. The summed E-state index contributed by atoms with van der Waals surface area (Å²) in [4.78, 5) is 7.19. The van der Waals surface area contributed by atoms with E-state index >= 15 is 0 Å². The van der Waals surface area contributed by atoms with E-state index in [-0.39, 0.29) is 0 Å². The molecule has 1 aliphatic rings. The van der Waals surface area contributed by atoms with Crippen molar-refractivity contribution in [1.29, 1.82) is 0 Å². The molecule has 0 spiro atoms. The molecule has 0 radical (unpaired) electrons. The van der Waals surface area contributed by atoms with Gasteiger partial charge in [0.2, 0.25) is 0 Å². The second-order valence-corrected chi connectivity index (χ2v) is 6.04. The number of benzene rings is 1. The quantitative estimate of drug-likeness (QED) is 0.930. The van der Waals surface area contributed by atoms with Gasteiger partial charge in [0.25, 0.3) is 0 Å². The van der Waals surface area contributed by atoms with Crippen LogP contribution in [0.3, 0.4) is 0 Å². The normalized spacial score (nSPS) is 19.1. The van der Waals surface area contributed by atoms with E-state index in [1.54, 1.807) is 0 Å². The van der Waals surface area contributed by atoms with Crippen LogP contribution in [0.1, 0.15) is 31.9 Å². The molecule has 0 amide bonds. The Kier molecular flexibility index (Phi) is 4.39. The van der Waals surface area contributed by atoms with Crippen molar-refractivity contribution in [2.75, 3.05) is 24.5 Å². The van der Waals surface area contributed by atoms with Crippen molar-refractivity contribution in [1.82, 2.24) is 10.3 Å². The number of nitrogens with one attached hydrogen (secondary N) is 1. The lowest BCUT2D eigenvalue weighted by atomic mass is 10.0. The molecule has 1 atom stereocenters. The van der Waals surface area contributed by atoms with Crippen LogP contribution in [0.15, 0.2) is 30.3 Å². The third-order valence-corrected chi connectivity index (χ3v) is 4.27. The highest BCUT2D eigenvalue weighted by atomic mass is 15.2. The van der Waals surface area contributed by atoms with Gasteiger partial charge < -0.3 is 10.2 Å². The number of hydrogen-bond acceptors (Lipinski definition) is 3. The molecular weight excluding hydrogens is 258 g/mol. The third kappa shape index (κ3) is 3.18. The van der Waals surface area contributed by atoms with Crippen molar-refractivity contribution in [3.05, 3.63) is 36.0 Å². The molecule has 1 saturated heterocycles. The molecule has 21 heavy (non-hydrogen) atoms. The fraction of sp³-hybridized carbons (Fsp3) is 0.500. The number of nitrogens with zero attached hydrogens (tertiary/aromatic N) is 2. The highest BCUT2D eigenvalue weighted by Crippen LogP contribution is 2.28. The number of fused-ring (bicyclic) bond motifs is 1. The van der Waals surface area contributed by atoms with Gasteiger partial charge >= 0.3 is 0 Å². The van der Waals surface area contributed by atoms with Crippen LogP contribution < -0.4 is 10.2 Å². The zero-order valence-electron chi connectivity index (χ0n) is 13.1. The Morgan fingerprint density at radius 2 is 2.19 bits per heavy atom. The summed E-state index contributed by atoms with van der Waals surface area (Å²) >= 11 is 0. The number of rotatable bonds is 4. The van der Waals surface area contributed by atoms with Crippen LogP contribution in [0, 0.1) is 6.92 Å². The van der Waals surface area contributed by atoms with E-state index in [1.807, 2.05) is 0 Å². The molecule has 1 unspecified atom stereocenters. The second kappa shape index (κ2) is 6.44. The Bertz CT molecular complexity index is 608. The van der Waals surface area contributed by atoms with Gasteiger partial charge in [0.1, 0.15) is 0 Å². The minimum Gasteiger partial charge on any atom is -0.369 e. The van der Waals surface area contributed by atoms with Crippen LogP contribution in [0.2, 0.25) is 0 Å². The zero-order chi connectivity index (χ0) is 14.7.